The first-order chi connectivity index (χ1) is 8.29. The number of aromatic nitrogens is 2. The highest BCUT2D eigenvalue weighted by Gasteiger charge is 2.23. The largest absolute Gasteiger partial charge is 0.367 e. The van der Waals surface area contributed by atoms with Crippen LogP contribution in [-0.2, 0) is 17.3 Å². The molecule has 18 heavy (non-hydrogen) atoms. The third-order valence-electron chi connectivity index (χ3n) is 3.57. The van der Waals surface area contributed by atoms with E-state index < -0.39 is 0 Å². The molecule has 0 spiro atoms. The van der Waals surface area contributed by atoms with E-state index >= 15 is 0 Å². The van der Waals surface area contributed by atoms with Crippen LogP contribution in [0.15, 0.2) is 30.6 Å². The maximum atomic E-state index is 3.56. The van der Waals surface area contributed by atoms with Gasteiger partial charge in [0.2, 0.25) is 0 Å². The molecule has 2 nitrogen and oxygen atoms in total. The van der Waals surface area contributed by atoms with Gasteiger partial charge in [-0.05, 0) is 35.6 Å². The van der Waals surface area contributed by atoms with Gasteiger partial charge < -0.3 is 9.97 Å². The van der Waals surface area contributed by atoms with Gasteiger partial charge in [0.05, 0.1) is 0 Å². The Labute approximate surface area is 110 Å². The summed E-state index contributed by atoms with van der Waals surface area (Å²) in [7, 11) is 0. The summed E-state index contributed by atoms with van der Waals surface area (Å²) in [5.41, 5.74) is 4.32. The second-order valence-corrected chi connectivity index (χ2v) is 6.81. The van der Waals surface area contributed by atoms with E-state index in [0.29, 0.717) is 0 Å². The topological polar surface area (TPSA) is 31.6 Å². The molecule has 2 heteroatoms. The number of nitrogens with one attached hydrogen (secondary N) is 2. The van der Waals surface area contributed by atoms with Crippen molar-refractivity contribution in [3.8, 4) is 0 Å². The predicted octanol–water partition coefficient (Wildman–Crippen LogP) is 4.16. The summed E-state index contributed by atoms with van der Waals surface area (Å²) in [5.74, 6) is 0. The van der Waals surface area contributed by atoms with Gasteiger partial charge in [-0.15, -0.1) is 0 Å². The molecule has 2 rings (SSSR count). The highest BCUT2D eigenvalue weighted by Crippen LogP contribution is 2.28. The van der Waals surface area contributed by atoms with Crippen molar-refractivity contribution in [2.75, 3.05) is 0 Å². The predicted molar refractivity (Wildman–Crippen MR) is 77.0 cm³/mol. The summed E-state index contributed by atoms with van der Waals surface area (Å²) in [6.07, 6.45) is 5.11. The molecule has 0 aromatic carbocycles. The number of aromatic amines is 2. The van der Waals surface area contributed by atoms with Crippen LogP contribution in [0.5, 0.6) is 0 Å². The van der Waals surface area contributed by atoms with Gasteiger partial charge in [0.25, 0.3) is 0 Å². The van der Waals surface area contributed by atoms with Gasteiger partial charge in [-0.1, -0.05) is 34.6 Å². The molecule has 0 saturated heterocycles. The Kier molecular flexibility index (Phi) is 3.14. The van der Waals surface area contributed by atoms with Crippen molar-refractivity contribution in [3.63, 3.8) is 0 Å². The average molecular weight is 244 g/mol. The van der Waals surface area contributed by atoms with Crippen molar-refractivity contribution in [1.82, 2.24) is 9.97 Å². The summed E-state index contributed by atoms with van der Waals surface area (Å²) >= 11 is 0. The lowest BCUT2D eigenvalue weighted by atomic mass is 9.82. The van der Waals surface area contributed by atoms with E-state index in [-0.39, 0.29) is 10.8 Å². The number of hydrogen-bond acceptors (Lipinski definition) is 0. The molecule has 0 radical (unpaired) electrons. The molecule has 2 heterocycles. The maximum absolute atomic E-state index is 3.56. The molecular formula is C16H24N2. The molecule has 0 aliphatic rings. The van der Waals surface area contributed by atoms with Crippen LogP contribution in [0.2, 0.25) is 0 Å². The second kappa shape index (κ2) is 4.34. The SMILES string of the molecule is CC(C)(C)c1ccc(CC(C)(C)c2cc[nH]c2)[nH]1. The quantitative estimate of drug-likeness (QED) is 0.812. The van der Waals surface area contributed by atoms with E-state index in [0.717, 1.165) is 6.42 Å². The van der Waals surface area contributed by atoms with E-state index in [9.17, 15) is 0 Å². The van der Waals surface area contributed by atoms with Crippen LogP contribution in [-0.4, -0.2) is 9.97 Å². The summed E-state index contributed by atoms with van der Waals surface area (Å²) in [6, 6.07) is 6.59. The number of rotatable bonds is 3. The molecule has 2 aromatic heterocycles. The van der Waals surface area contributed by atoms with Crippen LogP contribution in [0.25, 0.3) is 0 Å². The summed E-state index contributed by atoms with van der Waals surface area (Å²) < 4.78 is 0. The highest BCUT2D eigenvalue weighted by atomic mass is 14.7. The van der Waals surface area contributed by atoms with Gasteiger partial charge in [0.15, 0.2) is 0 Å². The lowest BCUT2D eigenvalue weighted by Crippen LogP contribution is -2.20. The van der Waals surface area contributed by atoms with E-state index in [2.05, 4.69) is 69.0 Å². The first-order valence-electron chi connectivity index (χ1n) is 6.61. The molecule has 0 amide bonds. The molecule has 0 aliphatic carbocycles. The van der Waals surface area contributed by atoms with Crippen molar-refractivity contribution in [2.24, 2.45) is 0 Å². The Hall–Kier alpha value is -1.44. The Balaban J connectivity index is 2.17. The van der Waals surface area contributed by atoms with E-state index in [1.54, 1.807) is 0 Å². The van der Waals surface area contributed by atoms with E-state index in [1.165, 1.54) is 17.0 Å². The molecule has 98 valence electrons. The van der Waals surface area contributed by atoms with Crippen LogP contribution < -0.4 is 0 Å². The van der Waals surface area contributed by atoms with E-state index in [4.69, 9.17) is 0 Å². The van der Waals surface area contributed by atoms with Crippen LogP contribution in [0.1, 0.15) is 51.6 Å². The molecular weight excluding hydrogens is 220 g/mol. The Morgan fingerprint density at radius 1 is 1.00 bits per heavy atom. The third-order valence-corrected chi connectivity index (χ3v) is 3.57. The zero-order chi connectivity index (χ0) is 13.4. The van der Waals surface area contributed by atoms with Crippen molar-refractivity contribution < 1.29 is 0 Å². The smallest absolute Gasteiger partial charge is 0.0203 e. The minimum Gasteiger partial charge on any atom is -0.367 e. The summed E-state index contributed by atoms with van der Waals surface area (Å²) in [6.45, 7) is 11.3. The zero-order valence-electron chi connectivity index (χ0n) is 12.1. The fourth-order valence-corrected chi connectivity index (χ4v) is 2.30. The minimum atomic E-state index is 0.153. The Bertz CT molecular complexity index is 495. The fraction of sp³-hybridized carbons (Fsp3) is 0.500. The van der Waals surface area contributed by atoms with Gasteiger partial charge in [-0.25, -0.2) is 0 Å². The maximum Gasteiger partial charge on any atom is 0.0203 e. The van der Waals surface area contributed by atoms with Gasteiger partial charge in [0, 0.05) is 29.2 Å². The van der Waals surface area contributed by atoms with Crippen LogP contribution >= 0.6 is 0 Å². The van der Waals surface area contributed by atoms with Crippen LogP contribution in [0, 0.1) is 0 Å². The molecule has 0 atom stereocenters. The van der Waals surface area contributed by atoms with Crippen LogP contribution in [0.3, 0.4) is 0 Å². The first kappa shape index (κ1) is 13.0. The number of H-pyrrole nitrogens is 2. The van der Waals surface area contributed by atoms with Crippen molar-refractivity contribution in [2.45, 2.75) is 51.9 Å². The normalized spacial score (nSPS) is 12.9. The highest BCUT2D eigenvalue weighted by molar-refractivity contribution is 5.26. The van der Waals surface area contributed by atoms with Gasteiger partial charge in [-0.2, -0.15) is 0 Å². The number of hydrogen-bond donors (Lipinski definition) is 2. The van der Waals surface area contributed by atoms with Crippen molar-refractivity contribution in [1.29, 1.82) is 0 Å². The molecule has 0 fully saturated rings. The zero-order valence-corrected chi connectivity index (χ0v) is 12.1. The lowest BCUT2D eigenvalue weighted by molar-refractivity contribution is 0.512. The molecule has 0 aliphatic heterocycles. The first-order valence-corrected chi connectivity index (χ1v) is 6.61. The van der Waals surface area contributed by atoms with Gasteiger partial charge in [0.1, 0.15) is 0 Å². The lowest BCUT2D eigenvalue weighted by Gasteiger charge is -2.23. The summed E-state index contributed by atoms with van der Waals surface area (Å²) in [5, 5.41) is 0. The Morgan fingerprint density at radius 2 is 1.72 bits per heavy atom. The van der Waals surface area contributed by atoms with Gasteiger partial charge >= 0.3 is 0 Å². The van der Waals surface area contributed by atoms with Gasteiger partial charge in [-0.3, -0.25) is 0 Å². The standard InChI is InChI=1S/C16H24N2/c1-15(2,3)14-7-6-13(18-14)10-16(4,5)12-8-9-17-11-12/h6-9,11,17-18H,10H2,1-5H3. The monoisotopic (exact) mass is 244 g/mol. The van der Waals surface area contributed by atoms with E-state index in [1.807, 2.05) is 6.20 Å². The molecule has 0 bridgehead atoms. The average Bonchev–Trinajstić information content (AvgIpc) is 2.83. The second-order valence-electron chi connectivity index (χ2n) is 6.81. The van der Waals surface area contributed by atoms with Crippen LogP contribution in [0.4, 0.5) is 0 Å². The molecule has 0 unspecified atom stereocenters. The van der Waals surface area contributed by atoms with Crippen molar-refractivity contribution >= 4 is 0 Å². The molecule has 2 aromatic rings. The summed E-state index contributed by atoms with van der Waals surface area (Å²) in [4.78, 5) is 6.70. The minimum absolute atomic E-state index is 0.153. The van der Waals surface area contributed by atoms with Crippen molar-refractivity contribution in [3.05, 3.63) is 47.5 Å². The third kappa shape index (κ3) is 2.69. The Morgan fingerprint density at radius 3 is 2.22 bits per heavy atom. The molecule has 0 saturated carbocycles. The fourth-order valence-electron chi connectivity index (χ4n) is 2.30. The molecule has 2 N–H and O–H groups in total.